The minimum Gasteiger partial charge on any atom is -0.454 e. The van der Waals surface area contributed by atoms with Gasteiger partial charge in [-0.3, -0.25) is 4.79 Å². The van der Waals surface area contributed by atoms with Crippen molar-refractivity contribution in [3.05, 3.63) is 78.0 Å². The van der Waals surface area contributed by atoms with E-state index in [9.17, 15) is 4.79 Å². The van der Waals surface area contributed by atoms with Crippen molar-refractivity contribution in [2.45, 2.75) is 13.5 Å². The maximum atomic E-state index is 12.7. The molecule has 4 rings (SSSR count). The molecule has 0 spiro atoms. The third-order valence-corrected chi connectivity index (χ3v) is 4.56. The van der Waals surface area contributed by atoms with Crippen LogP contribution in [0, 0.1) is 0 Å². The van der Waals surface area contributed by atoms with E-state index in [2.05, 4.69) is 34.3 Å². The summed E-state index contributed by atoms with van der Waals surface area (Å²) >= 11 is 0. The number of anilines is 2. The zero-order chi connectivity index (χ0) is 19.3. The molecule has 2 aromatic carbocycles. The highest BCUT2D eigenvalue weighted by Gasteiger charge is 2.15. The fourth-order valence-corrected chi connectivity index (χ4v) is 3.07. The van der Waals surface area contributed by atoms with Gasteiger partial charge in [-0.2, -0.15) is 0 Å². The Kier molecular flexibility index (Phi) is 5.10. The zero-order valence-corrected chi connectivity index (χ0v) is 15.6. The van der Waals surface area contributed by atoms with Crippen LogP contribution >= 0.6 is 0 Å². The van der Waals surface area contributed by atoms with Gasteiger partial charge in [-0.15, -0.1) is 0 Å². The Labute approximate surface area is 163 Å². The van der Waals surface area contributed by atoms with Gasteiger partial charge in [-0.05, 0) is 36.8 Å². The number of nitrogens with zero attached hydrogens (tertiary/aromatic N) is 2. The molecule has 0 aliphatic carbocycles. The van der Waals surface area contributed by atoms with Crippen LogP contribution < -0.4 is 19.7 Å². The Balaban J connectivity index is 1.50. The van der Waals surface area contributed by atoms with Crippen LogP contribution in [0.15, 0.2) is 66.9 Å². The molecule has 2 heterocycles. The molecule has 1 amide bonds. The van der Waals surface area contributed by atoms with E-state index in [1.807, 2.05) is 24.3 Å². The molecule has 3 aromatic rings. The second-order valence-corrected chi connectivity index (χ2v) is 6.42. The molecule has 0 fully saturated rings. The summed E-state index contributed by atoms with van der Waals surface area (Å²) in [6, 6.07) is 19.1. The predicted molar refractivity (Wildman–Crippen MR) is 108 cm³/mol. The number of hydrogen-bond acceptors (Lipinski definition) is 5. The van der Waals surface area contributed by atoms with Crippen LogP contribution in [0.3, 0.4) is 0 Å². The Morgan fingerprint density at radius 1 is 1.07 bits per heavy atom. The number of rotatable bonds is 6. The van der Waals surface area contributed by atoms with Gasteiger partial charge in [0.1, 0.15) is 5.82 Å². The third kappa shape index (κ3) is 3.91. The van der Waals surface area contributed by atoms with Gasteiger partial charge in [0.15, 0.2) is 11.5 Å². The second kappa shape index (κ2) is 8.00. The highest BCUT2D eigenvalue weighted by atomic mass is 16.7. The molecule has 1 aromatic heterocycles. The summed E-state index contributed by atoms with van der Waals surface area (Å²) < 4.78 is 10.7. The number of carbonyl (C=O) groups is 1. The van der Waals surface area contributed by atoms with Gasteiger partial charge < -0.3 is 19.7 Å². The van der Waals surface area contributed by atoms with Crippen LogP contribution in [-0.4, -0.2) is 24.2 Å². The van der Waals surface area contributed by atoms with Gasteiger partial charge in [0.2, 0.25) is 6.79 Å². The van der Waals surface area contributed by atoms with E-state index in [4.69, 9.17) is 9.47 Å². The molecule has 0 saturated carbocycles. The Morgan fingerprint density at radius 2 is 1.89 bits per heavy atom. The average Bonchev–Trinajstić information content (AvgIpc) is 3.21. The van der Waals surface area contributed by atoms with Gasteiger partial charge in [0.05, 0.1) is 0 Å². The van der Waals surface area contributed by atoms with E-state index in [1.165, 1.54) is 5.56 Å². The largest absolute Gasteiger partial charge is 0.454 e. The predicted octanol–water partition coefficient (Wildman–Crippen LogP) is 4.09. The molecule has 142 valence electrons. The van der Waals surface area contributed by atoms with Gasteiger partial charge in [0.25, 0.3) is 5.91 Å². The van der Waals surface area contributed by atoms with E-state index >= 15 is 0 Å². The van der Waals surface area contributed by atoms with Crippen LogP contribution in [0.25, 0.3) is 0 Å². The number of nitrogens with one attached hydrogen (secondary N) is 1. The lowest BCUT2D eigenvalue weighted by Gasteiger charge is -2.22. The molecule has 1 N–H and O–H groups in total. The Morgan fingerprint density at radius 3 is 2.71 bits per heavy atom. The number of amides is 1. The summed E-state index contributed by atoms with van der Waals surface area (Å²) in [5.74, 6) is 1.89. The monoisotopic (exact) mass is 375 g/mol. The molecule has 0 radical (unpaired) electrons. The van der Waals surface area contributed by atoms with Crippen molar-refractivity contribution < 1.29 is 14.3 Å². The smallest absolute Gasteiger partial charge is 0.255 e. The van der Waals surface area contributed by atoms with Gasteiger partial charge in [0, 0.05) is 36.6 Å². The van der Waals surface area contributed by atoms with E-state index in [0.29, 0.717) is 22.7 Å². The first kappa shape index (κ1) is 17.9. The number of fused-ring (bicyclic) bond motifs is 1. The lowest BCUT2D eigenvalue weighted by atomic mass is 10.2. The summed E-state index contributed by atoms with van der Waals surface area (Å²) in [5, 5.41) is 2.90. The van der Waals surface area contributed by atoms with Crippen LogP contribution in [0.2, 0.25) is 0 Å². The van der Waals surface area contributed by atoms with Gasteiger partial charge in [-0.25, -0.2) is 4.98 Å². The molecular weight excluding hydrogens is 354 g/mol. The Hall–Kier alpha value is -3.54. The maximum absolute atomic E-state index is 12.7. The first-order valence-corrected chi connectivity index (χ1v) is 9.19. The molecule has 1 aliphatic heterocycles. The standard InChI is InChI=1S/C22H21N3O3/c1-2-25(14-16-6-4-3-5-7-16)21-12-17(10-11-23-21)22(26)24-18-8-9-19-20(13-18)28-15-27-19/h3-13H,2,14-15H2,1H3,(H,24,26). The summed E-state index contributed by atoms with van der Waals surface area (Å²) in [5.41, 5.74) is 2.40. The topological polar surface area (TPSA) is 63.7 Å². The van der Waals surface area contributed by atoms with E-state index in [1.54, 1.807) is 30.5 Å². The minimum atomic E-state index is -0.196. The molecule has 1 aliphatic rings. The number of aromatic nitrogens is 1. The van der Waals surface area contributed by atoms with E-state index in [0.717, 1.165) is 18.9 Å². The molecule has 0 saturated heterocycles. The molecule has 0 bridgehead atoms. The molecular formula is C22H21N3O3. The summed E-state index contributed by atoms with van der Waals surface area (Å²) in [6.07, 6.45) is 1.66. The maximum Gasteiger partial charge on any atom is 0.255 e. The minimum absolute atomic E-state index is 0.196. The fraction of sp³-hybridized carbons (Fsp3) is 0.182. The quantitative estimate of drug-likeness (QED) is 0.703. The highest BCUT2D eigenvalue weighted by Crippen LogP contribution is 2.34. The van der Waals surface area contributed by atoms with Crippen molar-refractivity contribution in [1.82, 2.24) is 4.98 Å². The van der Waals surface area contributed by atoms with Crippen LogP contribution in [0.1, 0.15) is 22.8 Å². The number of carbonyl (C=O) groups excluding carboxylic acids is 1. The average molecular weight is 375 g/mol. The molecule has 0 atom stereocenters. The van der Waals surface area contributed by atoms with Crippen molar-refractivity contribution in [3.8, 4) is 11.5 Å². The van der Waals surface area contributed by atoms with Gasteiger partial charge >= 0.3 is 0 Å². The van der Waals surface area contributed by atoms with Gasteiger partial charge in [-0.1, -0.05) is 30.3 Å². The van der Waals surface area contributed by atoms with Crippen molar-refractivity contribution in [2.75, 3.05) is 23.6 Å². The number of hydrogen-bond donors (Lipinski definition) is 1. The van der Waals surface area contributed by atoms with Crippen molar-refractivity contribution in [2.24, 2.45) is 0 Å². The second-order valence-electron chi connectivity index (χ2n) is 6.42. The molecule has 0 unspecified atom stereocenters. The highest BCUT2D eigenvalue weighted by molar-refractivity contribution is 6.04. The first-order chi connectivity index (χ1) is 13.7. The first-order valence-electron chi connectivity index (χ1n) is 9.19. The lowest BCUT2D eigenvalue weighted by Crippen LogP contribution is -2.23. The lowest BCUT2D eigenvalue weighted by molar-refractivity contribution is 0.102. The zero-order valence-electron chi connectivity index (χ0n) is 15.6. The third-order valence-electron chi connectivity index (χ3n) is 4.56. The summed E-state index contributed by atoms with van der Waals surface area (Å²) in [7, 11) is 0. The van der Waals surface area contributed by atoms with Crippen LogP contribution in [0.5, 0.6) is 11.5 Å². The SMILES string of the molecule is CCN(Cc1ccccc1)c1cc(C(=O)Nc2ccc3c(c2)OCO3)ccn1. The van der Waals surface area contributed by atoms with Crippen LogP contribution in [-0.2, 0) is 6.54 Å². The number of ether oxygens (including phenoxy) is 2. The van der Waals surface area contributed by atoms with Crippen molar-refractivity contribution in [1.29, 1.82) is 0 Å². The normalized spacial score (nSPS) is 11.9. The Bertz CT molecular complexity index is 976. The fourth-order valence-electron chi connectivity index (χ4n) is 3.07. The molecule has 6 nitrogen and oxygen atoms in total. The number of benzene rings is 2. The van der Waals surface area contributed by atoms with Crippen LogP contribution in [0.4, 0.5) is 11.5 Å². The summed E-state index contributed by atoms with van der Waals surface area (Å²) in [4.78, 5) is 19.3. The summed E-state index contributed by atoms with van der Waals surface area (Å²) in [6.45, 7) is 3.80. The molecule has 6 heteroatoms. The number of pyridine rings is 1. The van der Waals surface area contributed by atoms with Crippen molar-refractivity contribution >= 4 is 17.4 Å². The van der Waals surface area contributed by atoms with Crippen molar-refractivity contribution in [3.63, 3.8) is 0 Å². The molecule has 28 heavy (non-hydrogen) atoms. The van der Waals surface area contributed by atoms with E-state index < -0.39 is 0 Å². The van der Waals surface area contributed by atoms with E-state index in [-0.39, 0.29) is 12.7 Å².